The van der Waals surface area contributed by atoms with Crippen molar-refractivity contribution in [1.82, 2.24) is 15.6 Å². The van der Waals surface area contributed by atoms with Crippen molar-refractivity contribution in [3.63, 3.8) is 0 Å². The zero-order valence-electron chi connectivity index (χ0n) is 13.9. The number of thiazole rings is 1. The van der Waals surface area contributed by atoms with Crippen molar-refractivity contribution in [3.8, 4) is 0 Å². The molecule has 6 heteroatoms. The molecule has 1 aliphatic heterocycles. The maximum atomic E-state index is 5.61. The molecule has 0 bridgehead atoms. The third-order valence-electron chi connectivity index (χ3n) is 3.56. The minimum absolute atomic E-state index is 0.294. The highest BCUT2D eigenvalue weighted by atomic mass is 32.1. The zero-order chi connectivity index (χ0) is 15.8. The molecule has 0 unspecified atom stereocenters. The van der Waals surface area contributed by atoms with Crippen molar-refractivity contribution in [1.29, 1.82) is 0 Å². The molecule has 1 atom stereocenters. The molecule has 0 spiro atoms. The average molecular weight is 324 g/mol. The van der Waals surface area contributed by atoms with Gasteiger partial charge in [0.25, 0.3) is 0 Å². The first-order chi connectivity index (χ1) is 10.7. The summed E-state index contributed by atoms with van der Waals surface area (Å²) < 4.78 is 5.61. The summed E-state index contributed by atoms with van der Waals surface area (Å²) in [6.45, 7) is 9.78. The quantitative estimate of drug-likeness (QED) is 0.598. The molecule has 0 amide bonds. The molecule has 0 radical (unpaired) electrons. The Hall–Kier alpha value is -1.14. The lowest BCUT2D eigenvalue weighted by Gasteiger charge is -2.12. The van der Waals surface area contributed by atoms with Gasteiger partial charge in [0.1, 0.15) is 0 Å². The predicted octanol–water partition coefficient (Wildman–Crippen LogP) is 2.54. The van der Waals surface area contributed by atoms with Gasteiger partial charge in [-0.05, 0) is 19.8 Å². The Balaban J connectivity index is 1.76. The Labute approximate surface area is 137 Å². The number of nitrogens with zero attached hydrogens (tertiary/aromatic N) is 2. The number of hydrogen-bond donors (Lipinski definition) is 2. The fourth-order valence-corrected chi connectivity index (χ4v) is 3.20. The Morgan fingerprint density at radius 3 is 3.00 bits per heavy atom. The average Bonchev–Trinajstić information content (AvgIpc) is 3.16. The zero-order valence-corrected chi connectivity index (χ0v) is 14.7. The number of hydrogen-bond acceptors (Lipinski definition) is 4. The van der Waals surface area contributed by atoms with Gasteiger partial charge in [-0.3, -0.25) is 4.99 Å². The number of rotatable bonds is 7. The van der Waals surface area contributed by atoms with Crippen LogP contribution in [0.15, 0.2) is 10.4 Å². The predicted molar refractivity (Wildman–Crippen MR) is 92.9 cm³/mol. The number of aliphatic imine (C=N–C) groups is 1. The van der Waals surface area contributed by atoms with Crippen molar-refractivity contribution in [2.45, 2.75) is 52.1 Å². The fourth-order valence-electron chi connectivity index (χ4n) is 2.33. The highest BCUT2D eigenvalue weighted by Crippen LogP contribution is 2.19. The van der Waals surface area contributed by atoms with E-state index in [1.807, 2.05) is 0 Å². The highest BCUT2D eigenvalue weighted by molar-refractivity contribution is 7.09. The molecule has 5 nitrogen and oxygen atoms in total. The van der Waals surface area contributed by atoms with Crippen molar-refractivity contribution >= 4 is 17.3 Å². The van der Waals surface area contributed by atoms with E-state index in [9.17, 15) is 0 Å². The summed E-state index contributed by atoms with van der Waals surface area (Å²) in [5, 5.41) is 10.0. The van der Waals surface area contributed by atoms with E-state index in [0.29, 0.717) is 12.0 Å². The number of guanidine groups is 1. The van der Waals surface area contributed by atoms with Crippen LogP contribution in [0, 0.1) is 0 Å². The van der Waals surface area contributed by atoms with Gasteiger partial charge in [0, 0.05) is 37.4 Å². The van der Waals surface area contributed by atoms with Gasteiger partial charge < -0.3 is 15.4 Å². The second-order valence-electron chi connectivity index (χ2n) is 5.86. The first kappa shape index (κ1) is 17.2. The van der Waals surface area contributed by atoms with Gasteiger partial charge in [0.15, 0.2) is 5.96 Å². The van der Waals surface area contributed by atoms with E-state index < -0.39 is 0 Å². The fraction of sp³-hybridized carbons (Fsp3) is 0.750. The second kappa shape index (κ2) is 9.10. The van der Waals surface area contributed by atoms with Crippen LogP contribution in [0.2, 0.25) is 0 Å². The van der Waals surface area contributed by atoms with Gasteiger partial charge in [-0.25, -0.2) is 4.98 Å². The number of aromatic nitrogens is 1. The summed E-state index contributed by atoms with van der Waals surface area (Å²) in [5.41, 5.74) is 1.16. The van der Waals surface area contributed by atoms with Gasteiger partial charge in [-0.15, -0.1) is 11.3 Å². The maximum absolute atomic E-state index is 5.61. The van der Waals surface area contributed by atoms with Crippen LogP contribution in [0.3, 0.4) is 0 Å². The standard InChI is InChI=1S/C16H28N4OS/c1-4-17-16(19-10-14-6-5-9-21-14)18-8-7-13-11-22-15(20-13)12(2)3/h11-12,14H,4-10H2,1-3H3,(H2,17,18,19)/t14-/m0/s1. The molecular formula is C16H28N4OS. The SMILES string of the molecule is CCNC(=NC[C@@H]1CCCO1)NCCc1csc(C(C)C)n1. The summed E-state index contributed by atoms with van der Waals surface area (Å²) in [4.78, 5) is 9.27. The van der Waals surface area contributed by atoms with E-state index in [-0.39, 0.29) is 0 Å². The highest BCUT2D eigenvalue weighted by Gasteiger charge is 2.14. The van der Waals surface area contributed by atoms with Gasteiger partial charge in [0.2, 0.25) is 0 Å². The Morgan fingerprint density at radius 1 is 1.50 bits per heavy atom. The Morgan fingerprint density at radius 2 is 2.36 bits per heavy atom. The van der Waals surface area contributed by atoms with E-state index in [2.05, 4.69) is 46.8 Å². The summed E-state index contributed by atoms with van der Waals surface area (Å²) in [5.74, 6) is 1.38. The van der Waals surface area contributed by atoms with Crippen LogP contribution in [0.5, 0.6) is 0 Å². The minimum atomic E-state index is 0.294. The lowest BCUT2D eigenvalue weighted by molar-refractivity contribution is 0.117. The van der Waals surface area contributed by atoms with Crippen LogP contribution in [0.25, 0.3) is 0 Å². The van der Waals surface area contributed by atoms with Gasteiger partial charge in [0.05, 0.1) is 23.4 Å². The van der Waals surface area contributed by atoms with Gasteiger partial charge in [-0.1, -0.05) is 13.8 Å². The minimum Gasteiger partial charge on any atom is -0.376 e. The maximum Gasteiger partial charge on any atom is 0.191 e. The Kier molecular flexibility index (Phi) is 7.12. The van der Waals surface area contributed by atoms with Gasteiger partial charge in [-0.2, -0.15) is 0 Å². The van der Waals surface area contributed by atoms with E-state index in [1.54, 1.807) is 11.3 Å². The molecule has 124 valence electrons. The smallest absolute Gasteiger partial charge is 0.191 e. The van der Waals surface area contributed by atoms with Crippen LogP contribution < -0.4 is 10.6 Å². The number of nitrogens with one attached hydrogen (secondary N) is 2. The van der Waals surface area contributed by atoms with Crippen molar-refractivity contribution in [3.05, 3.63) is 16.1 Å². The van der Waals surface area contributed by atoms with Crippen LogP contribution >= 0.6 is 11.3 Å². The number of ether oxygens (including phenoxy) is 1. The molecule has 0 aromatic carbocycles. The molecule has 2 N–H and O–H groups in total. The molecule has 1 saturated heterocycles. The lowest BCUT2D eigenvalue weighted by Crippen LogP contribution is -2.39. The molecule has 22 heavy (non-hydrogen) atoms. The van der Waals surface area contributed by atoms with E-state index in [1.165, 1.54) is 5.01 Å². The molecule has 1 fully saturated rings. The molecule has 1 aromatic rings. The molecule has 1 aromatic heterocycles. The molecule has 0 saturated carbocycles. The third kappa shape index (κ3) is 5.57. The van der Waals surface area contributed by atoms with Crippen molar-refractivity contribution in [2.75, 3.05) is 26.2 Å². The summed E-state index contributed by atoms with van der Waals surface area (Å²) in [6, 6.07) is 0. The second-order valence-corrected chi connectivity index (χ2v) is 6.75. The van der Waals surface area contributed by atoms with Crippen LogP contribution in [0.1, 0.15) is 50.2 Å². The first-order valence-corrected chi connectivity index (χ1v) is 9.15. The van der Waals surface area contributed by atoms with E-state index >= 15 is 0 Å². The molecule has 2 heterocycles. The summed E-state index contributed by atoms with van der Waals surface area (Å²) >= 11 is 1.75. The largest absolute Gasteiger partial charge is 0.376 e. The summed E-state index contributed by atoms with van der Waals surface area (Å²) in [6.07, 6.45) is 3.50. The molecule has 1 aliphatic rings. The molecule has 2 rings (SSSR count). The van der Waals surface area contributed by atoms with Crippen LogP contribution in [0.4, 0.5) is 0 Å². The summed E-state index contributed by atoms with van der Waals surface area (Å²) in [7, 11) is 0. The van der Waals surface area contributed by atoms with Crippen LogP contribution in [-0.4, -0.2) is 43.3 Å². The van der Waals surface area contributed by atoms with Crippen LogP contribution in [-0.2, 0) is 11.2 Å². The molecule has 0 aliphatic carbocycles. The van der Waals surface area contributed by atoms with E-state index in [0.717, 1.165) is 57.2 Å². The van der Waals surface area contributed by atoms with Crippen molar-refractivity contribution in [2.24, 2.45) is 4.99 Å². The normalized spacial score (nSPS) is 18.9. The molecular weight excluding hydrogens is 296 g/mol. The van der Waals surface area contributed by atoms with Gasteiger partial charge >= 0.3 is 0 Å². The lowest BCUT2D eigenvalue weighted by atomic mass is 10.2. The van der Waals surface area contributed by atoms with Crippen molar-refractivity contribution < 1.29 is 4.74 Å². The van der Waals surface area contributed by atoms with E-state index in [4.69, 9.17) is 4.74 Å². The monoisotopic (exact) mass is 324 g/mol. The third-order valence-corrected chi connectivity index (χ3v) is 4.75. The first-order valence-electron chi connectivity index (χ1n) is 8.27. The topological polar surface area (TPSA) is 58.5 Å². The Bertz CT molecular complexity index is 466.